The zero-order chi connectivity index (χ0) is 29.9. The van der Waals surface area contributed by atoms with Gasteiger partial charge in [-0.25, -0.2) is 12.8 Å². The number of aromatic nitrogens is 1. The van der Waals surface area contributed by atoms with Crippen molar-refractivity contribution in [2.75, 3.05) is 13.1 Å². The summed E-state index contributed by atoms with van der Waals surface area (Å²) in [4.78, 5) is 32.9. The molecule has 3 aromatic carbocycles. The Morgan fingerprint density at radius 2 is 1.69 bits per heavy atom. The molecule has 0 aliphatic heterocycles. The van der Waals surface area contributed by atoms with Crippen LogP contribution >= 0.6 is 0 Å². The number of carbonyl (C=O) groups excluding carboxylic acids is 1. The smallest absolute Gasteiger partial charge is 0.245 e. The number of hydrogen-bond acceptors (Lipinski definition) is 6. The number of halogens is 1. The van der Waals surface area contributed by atoms with Crippen LogP contribution in [0.1, 0.15) is 25.0 Å². The zero-order valence-corrected chi connectivity index (χ0v) is 24.1. The maximum atomic E-state index is 14.0. The molecule has 0 bridgehead atoms. The van der Waals surface area contributed by atoms with Crippen LogP contribution in [0.5, 0.6) is 0 Å². The molecule has 0 aliphatic rings. The highest BCUT2D eigenvalue weighted by atomic mass is 32.2. The van der Waals surface area contributed by atoms with Crippen molar-refractivity contribution in [3.63, 3.8) is 0 Å². The summed E-state index contributed by atoms with van der Waals surface area (Å²) < 4.78 is 48.4. The molecule has 0 atom stereocenters. The van der Waals surface area contributed by atoms with Gasteiger partial charge in [0.1, 0.15) is 16.3 Å². The highest BCUT2D eigenvalue weighted by Crippen LogP contribution is 2.25. The molecule has 5 rings (SSSR count). The van der Waals surface area contributed by atoms with Gasteiger partial charge in [0.25, 0.3) is 0 Å². The van der Waals surface area contributed by atoms with E-state index < -0.39 is 28.3 Å². The van der Waals surface area contributed by atoms with Crippen LogP contribution in [0.15, 0.2) is 105 Å². The lowest BCUT2D eigenvalue weighted by atomic mass is 10.1. The number of rotatable bonds is 10. The first-order chi connectivity index (χ1) is 20.1. The van der Waals surface area contributed by atoms with Gasteiger partial charge < -0.3 is 9.32 Å². The number of amides is 1. The Hall–Kier alpha value is -4.41. The number of carbonyl (C=O) groups is 1. The van der Waals surface area contributed by atoms with E-state index >= 15 is 0 Å². The normalized spacial score (nSPS) is 11.9. The van der Waals surface area contributed by atoms with Crippen LogP contribution in [-0.2, 0) is 27.9 Å². The van der Waals surface area contributed by atoms with Gasteiger partial charge in [0, 0.05) is 24.7 Å². The number of fused-ring (bicyclic) bond motifs is 2. The molecule has 42 heavy (non-hydrogen) atoms. The standard InChI is InChI=1S/C32H30FN3O5S/c1-22(2)17-36(42(39,40)29-11-5-7-24-8-6-16-34-31(24)29)20-30(37)35(18-23-12-14-26(33)15-13-23)19-25-21-41-28-10-4-3-9-27(28)32(25)38/h3-16,21-22H,17-20H2,1-2H3. The summed E-state index contributed by atoms with van der Waals surface area (Å²) in [6, 6.07) is 20.9. The maximum Gasteiger partial charge on any atom is 0.245 e. The van der Waals surface area contributed by atoms with E-state index in [4.69, 9.17) is 4.42 Å². The quantitative estimate of drug-likeness (QED) is 0.218. The lowest BCUT2D eigenvalue weighted by Gasteiger charge is -2.28. The Bertz CT molecular complexity index is 1900. The summed E-state index contributed by atoms with van der Waals surface area (Å²) in [7, 11) is -4.15. The molecule has 0 fully saturated rings. The minimum atomic E-state index is -4.15. The van der Waals surface area contributed by atoms with Crippen LogP contribution in [0, 0.1) is 11.7 Å². The molecule has 0 N–H and O–H groups in total. The summed E-state index contributed by atoms with van der Waals surface area (Å²) in [6.07, 6.45) is 2.85. The van der Waals surface area contributed by atoms with Gasteiger partial charge in [0.15, 0.2) is 5.43 Å². The van der Waals surface area contributed by atoms with Crippen molar-refractivity contribution < 1.29 is 22.0 Å². The number of para-hydroxylation sites is 2. The van der Waals surface area contributed by atoms with Crippen LogP contribution in [0.2, 0.25) is 0 Å². The number of pyridine rings is 1. The summed E-state index contributed by atoms with van der Waals surface area (Å²) in [5, 5.41) is 1.03. The molecule has 216 valence electrons. The molecule has 0 unspecified atom stereocenters. The van der Waals surface area contributed by atoms with E-state index in [9.17, 15) is 22.4 Å². The fraction of sp³-hybridized carbons (Fsp3) is 0.219. The summed E-state index contributed by atoms with van der Waals surface area (Å²) in [6.45, 7) is 3.24. The Balaban J connectivity index is 1.51. The fourth-order valence-electron chi connectivity index (χ4n) is 4.80. The third-order valence-electron chi connectivity index (χ3n) is 6.85. The molecule has 0 radical (unpaired) electrons. The van der Waals surface area contributed by atoms with Gasteiger partial charge in [-0.15, -0.1) is 0 Å². The Morgan fingerprint density at radius 3 is 2.45 bits per heavy atom. The molecule has 0 aliphatic carbocycles. The largest absolute Gasteiger partial charge is 0.464 e. The van der Waals surface area contributed by atoms with Crippen molar-refractivity contribution in [2.45, 2.75) is 31.8 Å². The molecule has 0 saturated carbocycles. The molecule has 0 spiro atoms. The van der Waals surface area contributed by atoms with Crippen LogP contribution in [-0.4, -0.2) is 41.6 Å². The van der Waals surface area contributed by atoms with E-state index in [1.165, 1.54) is 35.6 Å². The van der Waals surface area contributed by atoms with Crippen molar-refractivity contribution in [1.82, 2.24) is 14.2 Å². The maximum absolute atomic E-state index is 14.0. The fourth-order valence-corrected chi connectivity index (χ4v) is 6.52. The lowest BCUT2D eigenvalue weighted by Crippen LogP contribution is -2.44. The lowest BCUT2D eigenvalue weighted by molar-refractivity contribution is -0.132. The highest BCUT2D eigenvalue weighted by molar-refractivity contribution is 7.89. The second-order valence-electron chi connectivity index (χ2n) is 10.5. The van der Waals surface area contributed by atoms with Gasteiger partial charge in [-0.05, 0) is 47.9 Å². The van der Waals surface area contributed by atoms with Gasteiger partial charge in [-0.3, -0.25) is 14.6 Å². The Morgan fingerprint density at radius 1 is 0.952 bits per heavy atom. The highest BCUT2D eigenvalue weighted by Gasteiger charge is 2.31. The molecule has 2 heterocycles. The minimum Gasteiger partial charge on any atom is -0.464 e. The van der Waals surface area contributed by atoms with Crippen LogP contribution < -0.4 is 5.43 Å². The first-order valence-corrected chi connectivity index (χ1v) is 14.9. The van der Waals surface area contributed by atoms with Crippen molar-refractivity contribution in [1.29, 1.82) is 0 Å². The monoisotopic (exact) mass is 587 g/mol. The van der Waals surface area contributed by atoms with Crippen molar-refractivity contribution >= 4 is 37.8 Å². The predicted octanol–water partition coefficient (Wildman–Crippen LogP) is 5.36. The second-order valence-corrected chi connectivity index (χ2v) is 12.4. The van der Waals surface area contributed by atoms with Crippen LogP contribution in [0.25, 0.3) is 21.9 Å². The van der Waals surface area contributed by atoms with Crippen molar-refractivity contribution in [3.05, 3.63) is 118 Å². The Kier molecular flexibility index (Phi) is 8.46. The van der Waals surface area contributed by atoms with E-state index in [0.717, 1.165) is 4.31 Å². The number of nitrogens with zero attached hydrogens (tertiary/aromatic N) is 3. The average Bonchev–Trinajstić information content (AvgIpc) is 2.98. The van der Waals surface area contributed by atoms with E-state index in [2.05, 4.69) is 4.98 Å². The zero-order valence-electron chi connectivity index (χ0n) is 23.2. The van der Waals surface area contributed by atoms with Crippen LogP contribution in [0.3, 0.4) is 0 Å². The van der Waals surface area contributed by atoms with E-state index in [-0.39, 0.29) is 41.4 Å². The first kappa shape index (κ1) is 29.1. The molecule has 5 aromatic rings. The number of sulfonamides is 1. The van der Waals surface area contributed by atoms with Gasteiger partial charge in [0.05, 0.1) is 35.8 Å². The average molecular weight is 588 g/mol. The molecule has 1 amide bonds. The van der Waals surface area contributed by atoms with Crippen LogP contribution in [0.4, 0.5) is 4.39 Å². The molecular weight excluding hydrogens is 557 g/mol. The summed E-state index contributed by atoms with van der Waals surface area (Å²) >= 11 is 0. The summed E-state index contributed by atoms with van der Waals surface area (Å²) in [5.74, 6) is -1.04. The second kappa shape index (κ2) is 12.2. The topological polar surface area (TPSA) is 101 Å². The molecule has 8 nitrogen and oxygen atoms in total. The third-order valence-corrected chi connectivity index (χ3v) is 8.69. The van der Waals surface area contributed by atoms with Gasteiger partial charge in [0.2, 0.25) is 15.9 Å². The van der Waals surface area contributed by atoms with Gasteiger partial charge in [-0.1, -0.05) is 56.3 Å². The van der Waals surface area contributed by atoms with Gasteiger partial charge >= 0.3 is 0 Å². The van der Waals surface area contributed by atoms with Crippen molar-refractivity contribution in [2.24, 2.45) is 5.92 Å². The predicted molar refractivity (Wildman–Crippen MR) is 158 cm³/mol. The number of benzene rings is 3. The first-order valence-electron chi connectivity index (χ1n) is 13.5. The minimum absolute atomic E-state index is 0.00862. The number of hydrogen-bond donors (Lipinski definition) is 0. The van der Waals surface area contributed by atoms with Crippen molar-refractivity contribution in [3.8, 4) is 0 Å². The molecule has 10 heteroatoms. The summed E-state index contributed by atoms with van der Waals surface area (Å²) in [5.41, 5.74) is 1.30. The van der Waals surface area contributed by atoms with E-state index in [0.29, 0.717) is 27.4 Å². The molecule has 0 saturated heterocycles. The Labute approximate surface area is 243 Å². The molecular formula is C32H30FN3O5S. The van der Waals surface area contributed by atoms with Gasteiger partial charge in [-0.2, -0.15) is 4.31 Å². The molecule has 2 aromatic heterocycles. The van der Waals surface area contributed by atoms with E-state index in [1.54, 1.807) is 60.7 Å². The van der Waals surface area contributed by atoms with E-state index in [1.807, 2.05) is 13.8 Å². The SMILES string of the molecule is CC(C)CN(CC(=O)N(Cc1ccc(F)cc1)Cc1coc2ccccc2c1=O)S(=O)(=O)c1cccc2cccnc12. The third kappa shape index (κ3) is 6.24.